The third-order valence-electron chi connectivity index (χ3n) is 6.18. The fraction of sp³-hybridized carbons (Fsp3) is 0.267. The first-order valence-corrected chi connectivity index (χ1v) is 12.1. The van der Waals surface area contributed by atoms with E-state index in [0.717, 1.165) is 43.6 Å². The highest BCUT2D eigenvalue weighted by Gasteiger charge is 2.15. The molecule has 0 saturated heterocycles. The van der Waals surface area contributed by atoms with Crippen molar-refractivity contribution in [1.82, 2.24) is 9.88 Å². The van der Waals surface area contributed by atoms with E-state index in [-0.39, 0.29) is 5.78 Å². The summed E-state index contributed by atoms with van der Waals surface area (Å²) in [4.78, 5) is 17.9. The van der Waals surface area contributed by atoms with Gasteiger partial charge in [0.1, 0.15) is 6.61 Å². The molecule has 0 aliphatic heterocycles. The van der Waals surface area contributed by atoms with Crippen molar-refractivity contribution in [3.8, 4) is 0 Å². The molecule has 2 aromatic carbocycles. The normalized spacial score (nSPS) is 12.8. The summed E-state index contributed by atoms with van der Waals surface area (Å²) in [6.45, 7) is 3.35. The minimum atomic E-state index is -0.465. The molecule has 0 unspecified atom stereocenters. The van der Waals surface area contributed by atoms with Crippen LogP contribution in [0.5, 0.6) is 0 Å². The van der Waals surface area contributed by atoms with Gasteiger partial charge in [-0.1, -0.05) is 66.7 Å². The van der Waals surface area contributed by atoms with E-state index >= 15 is 0 Å². The molecule has 0 radical (unpaired) electrons. The third kappa shape index (κ3) is 7.55. The van der Waals surface area contributed by atoms with E-state index in [0.29, 0.717) is 13.2 Å². The number of ketones is 1. The summed E-state index contributed by atoms with van der Waals surface area (Å²) in [6, 6.07) is 20.8. The van der Waals surface area contributed by atoms with Gasteiger partial charge in [0, 0.05) is 32.0 Å². The van der Waals surface area contributed by atoms with Crippen LogP contribution in [-0.2, 0) is 29.1 Å². The lowest BCUT2D eigenvalue weighted by Gasteiger charge is -2.23. The third-order valence-corrected chi connectivity index (χ3v) is 6.18. The van der Waals surface area contributed by atoms with Crippen molar-refractivity contribution in [1.29, 1.82) is 0 Å². The van der Waals surface area contributed by atoms with Crippen LogP contribution in [0.4, 0.5) is 0 Å². The number of ether oxygens (including phenoxy) is 1. The highest BCUT2D eigenvalue weighted by molar-refractivity contribution is 5.94. The second-order valence-electron chi connectivity index (χ2n) is 8.73. The zero-order chi connectivity index (χ0) is 24.3. The quantitative estimate of drug-likeness (QED) is 0.291. The van der Waals surface area contributed by atoms with E-state index in [1.807, 2.05) is 30.5 Å². The summed E-state index contributed by atoms with van der Waals surface area (Å²) in [6.07, 6.45) is 11.1. The minimum Gasteiger partial charge on any atom is -0.388 e. The molecule has 180 valence electrons. The Morgan fingerprint density at radius 1 is 1.03 bits per heavy atom. The van der Waals surface area contributed by atoms with Crippen molar-refractivity contribution in [3.63, 3.8) is 0 Å². The topological polar surface area (TPSA) is 62.7 Å². The summed E-state index contributed by atoms with van der Waals surface area (Å²) in [5.74, 6) is -0.297. The zero-order valence-electron chi connectivity index (χ0n) is 20.0. The van der Waals surface area contributed by atoms with Gasteiger partial charge in [-0.3, -0.25) is 14.7 Å². The molecule has 3 aromatic rings. The Morgan fingerprint density at radius 3 is 2.69 bits per heavy atom. The van der Waals surface area contributed by atoms with E-state index in [2.05, 4.69) is 52.4 Å². The summed E-state index contributed by atoms with van der Waals surface area (Å²) < 4.78 is 5.94. The lowest BCUT2D eigenvalue weighted by Crippen LogP contribution is -2.28. The molecule has 0 saturated carbocycles. The second kappa shape index (κ2) is 12.9. The van der Waals surface area contributed by atoms with E-state index in [4.69, 9.17) is 9.84 Å². The number of carbonyl (C=O) groups excluding carboxylic acids is 1. The largest absolute Gasteiger partial charge is 0.388 e. The number of aliphatic hydroxyl groups is 1. The Morgan fingerprint density at radius 2 is 1.89 bits per heavy atom. The van der Waals surface area contributed by atoms with Crippen LogP contribution < -0.4 is 0 Å². The molecular weight excluding hydrogens is 436 g/mol. The maximum atomic E-state index is 11.3. The molecule has 0 atom stereocenters. The van der Waals surface area contributed by atoms with Crippen LogP contribution in [0.3, 0.4) is 0 Å². The number of fused-ring (bicyclic) bond motifs is 1. The molecule has 1 aliphatic carbocycles. The van der Waals surface area contributed by atoms with Gasteiger partial charge in [-0.05, 0) is 58.4 Å². The smallest absolute Gasteiger partial charge is 0.181 e. The molecule has 1 aromatic heterocycles. The van der Waals surface area contributed by atoms with E-state index in [1.54, 1.807) is 12.3 Å². The predicted octanol–water partition coefficient (Wildman–Crippen LogP) is 4.70. The Balaban J connectivity index is 1.35. The molecular formula is C30H32N2O3. The SMILES string of the molecule is O=C(/C=C/c1ccc(CN(CCOCc2cccnc2)CCC2=CCc3ccccc32)cc1)CO. The molecule has 5 nitrogen and oxygen atoms in total. The van der Waals surface area contributed by atoms with Gasteiger partial charge in [-0.2, -0.15) is 0 Å². The van der Waals surface area contributed by atoms with E-state index < -0.39 is 6.61 Å². The number of hydrogen-bond donors (Lipinski definition) is 1. The van der Waals surface area contributed by atoms with Crippen LogP contribution in [0.15, 0.2) is 85.2 Å². The van der Waals surface area contributed by atoms with Crippen molar-refractivity contribution in [2.24, 2.45) is 0 Å². The van der Waals surface area contributed by atoms with Crippen molar-refractivity contribution in [2.75, 3.05) is 26.3 Å². The Labute approximate surface area is 207 Å². The van der Waals surface area contributed by atoms with Crippen LogP contribution in [0.2, 0.25) is 0 Å². The van der Waals surface area contributed by atoms with Crippen molar-refractivity contribution >= 4 is 17.4 Å². The van der Waals surface area contributed by atoms with Gasteiger partial charge in [0.15, 0.2) is 5.78 Å². The number of carbonyl (C=O) groups is 1. The zero-order valence-corrected chi connectivity index (χ0v) is 20.0. The summed E-state index contributed by atoms with van der Waals surface area (Å²) in [7, 11) is 0. The molecule has 5 heteroatoms. The average molecular weight is 469 g/mol. The number of pyridine rings is 1. The van der Waals surface area contributed by atoms with Crippen molar-refractivity contribution in [2.45, 2.75) is 26.0 Å². The van der Waals surface area contributed by atoms with Crippen molar-refractivity contribution < 1.29 is 14.6 Å². The molecule has 0 bridgehead atoms. The van der Waals surface area contributed by atoms with Crippen LogP contribution in [0, 0.1) is 0 Å². The number of aromatic nitrogens is 1. The molecule has 1 aliphatic rings. The Bertz CT molecular complexity index is 1150. The van der Waals surface area contributed by atoms with Gasteiger partial charge >= 0.3 is 0 Å². The van der Waals surface area contributed by atoms with Gasteiger partial charge in [0.05, 0.1) is 13.2 Å². The van der Waals surface area contributed by atoms with Crippen LogP contribution in [0.25, 0.3) is 11.6 Å². The maximum absolute atomic E-state index is 11.3. The van der Waals surface area contributed by atoms with Crippen LogP contribution >= 0.6 is 0 Å². The number of nitrogens with zero attached hydrogens (tertiary/aromatic N) is 2. The summed E-state index contributed by atoms with van der Waals surface area (Å²) >= 11 is 0. The van der Waals surface area contributed by atoms with E-state index in [9.17, 15) is 4.79 Å². The lowest BCUT2D eigenvalue weighted by molar-refractivity contribution is -0.117. The number of allylic oxidation sites excluding steroid dienone is 1. The maximum Gasteiger partial charge on any atom is 0.181 e. The van der Waals surface area contributed by atoms with Crippen molar-refractivity contribution in [3.05, 3.63) is 113 Å². The standard InChI is InChI=1S/C30H32N2O3/c33-22-29(34)14-11-24-7-9-25(10-8-24)21-32(18-19-35-23-26-4-3-16-31-20-26)17-15-28-13-12-27-5-1-2-6-30(27)28/h1-11,13-14,16,20,33H,12,15,17-19,21-23H2/b14-11+. The number of aliphatic hydroxyl groups excluding tert-OH is 1. The highest BCUT2D eigenvalue weighted by atomic mass is 16.5. The Kier molecular flexibility index (Phi) is 9.12. The van der Waals surface area contributed by atoms with Gasteiger partial charge < -0.3 is 9.84 Å². The van der Waals surface area contributed by atoms with Crippen LogP contribution in [-0.4, -0.2) is 47.1 Å². The molecule has 1 heterocycles. The monoisotopic (exact) mass is 468 g/mol. The number of benzene rings is 2. The van der Waals surface area contributed by atoms with Gasteiger partial charge in [0.2, 0.25) is 0 Å². The number of hydrogen-bond acceptors (Lipinski definition) is 5. The molecule has 0 fully saturated rings. The van der Waals surface area contributed by atoms with Gasteiger partial charge in [0.25, 0.3) is 0 Å². The molecule has 1 N–H and O–H groups in total. The first-order valence-electron chi connectivity index (χ1n) is 12.1. The fourth-order valence-electron chi connectivity index (χ4n) is 4.24. The highest BCUT2D eigenvalue weighted by Crippen LogP contribution is 2.29. The fourth-order valence-corrected chi connectivity index (χ4v) is 4.24. The molecule has 35 heavy (non-hydrogen) atoms. The van der Waals surface area contributed by atoms with Gasteiger partial charge in [-0.25, -0.2) is 0 Å². The minimum absolute atomic E-state index is 0.297. The molecule has 0 amide bonds. The predicted molar refractivity (Wildman–Crippen MR) is 139 cm³/mol. The molecule has 0 spiro atoms. The summed E-state index contributed by atoms with van der Waals surface area (Å²) in [5, 5.41) is 8.87. The first-order chi connectivity index (χ1) is 17.2. The lowest BCUT2D eigenvalue weighted by atomic mass is 10.0. The second-order valence-corrected chi connectivity index (χ2v) is 8.73. The van der Waals surface area contributed by atoms with Gasteiger partial charge in [-0.15, -0.1) is 0 Å². The van der Waals surface area contributed by atoms with E-state index in [1.165, 1.54) is 28.3 Å². The first kappa shape index (κ1) is 24.7. The number of rotatable bonds is 13. The average Bonchev–Trinajstić information content (AvgIpc) is 3.32. The molecule has 4 rings (SSSR count). The van der Waals surface area contributed by atoms with Crippen LogP contribution in [0.1, 0.15) is 34.2 Å². The Hall–Kier alpha value is -3.38. The summed E-state index contributed by atoms with van der Waals surface area (Å²) in [5.41, 5.74) is 7.45.